The van der Waals surface area contributed by atoms with Gasteiger partial charge < -0.3 is 10.2 Å². The molecule has 2 N–H and O–H groups in total. The minimum atomic E-state index is -1.35. The highest BCUT2D eigenvalue weighted by Gasteiger charge is 2.49. The Morgan fingerprint density at radius 1 is 1.45 bits per heavy atom. The average molecular weight is 302 g/mol. The standard InChI is InChI=1S/C18H22O4/c1-6-7-14-13(3)18(22,17(4,5)11-15(14)19)9-8-12(2)10-16(20)21/h1,8-10,22H,7,11H2,2-5H3,(H,20,21)/b9-8+,12-10+/t18-/m1/s1. The van der Waals surface area contributed by atoms with Crippen LogP contribution in [-0.2, 0) is 9.59 Å². The lowest BCUT2D eigenvalue weighted by Crippen LogP contribution is -2.49. The Labute approximate surface area is 131 Å². The smallest absolute Gasteiger partial charge is 0.328 e. The van der Waals surface area contributed by atoms with Crippen LogP contribution in [0.3, 0.4) is 0 Å². The summed E-state index contributed by atoms with van der Waals surface area (Å²) >= 11 is 0. The van der Waals surface area contributed by atoms with E-state index in [0.29, 0.717) is 16.7 Å². The van der Waals surface area contributed by atoms with Crippen molar-refractivity contribution in [1.29, 1.82) is 0 Å². The van der Waals surface area contributed by atoms with Crippen LogP contribution in [0.2, 0.25) is 0 Å². The van der Waals surface area contributed by atoms with Gasteiger partial charge in [-0.3, -0.25) is 4.79 Å². The molecule has 0 amide bonds. The van der Waals surface area contributed by atoms with E-state index in [1.807, 2.05) is 13.8 Å². The molecule has 0 aromatic heterocycles. The SMILES string of the molecule is C#CCC1=C(C)[C@](O)(/C=C/C(C)=C/C(=O)O)C(C)(C)CC1=O. The Kier molecular flexibility index (Phi) is 5.16. The zero-order valence-electron chi connectivity index (χ0n) is 13.4. The van der Waals surface area contributed by atoms with Crippen molar-refractivity contribution in [3.05, 3.63) is 34.9 Å². The Bertz CT molecular complexity index is 626. The quantitative estimate of drug-likeness (QED) is 0.475. The van der Waals surface area contributed by atoms with Gasteiger partial charge >= 0.3 is 5.97 Å². The highest BCUT2D eigenvalue weighted by Crippen LogP contribution is 2.47. The molecule has 0 spiro atoms. The van der Waals surface area contributed by atoms with Crippen molar-refractivity contribution in [3.63, 3.8) is 0 Å². The number of carbonyl (C=O) groups excluding carboxylic acids is 1. The molecule has 1 aliphatic rings. The van der Waals surface area contributed by atoms with Crippen molar-refractivity contribution in [2.75, 3.05) is 0 Å². The molecule has 22 heavy (non-hydrogen) atoms. The molecule has 1 rings (SSSR count). The van der Waals surface area contributed by atoms with Crippen LogP contribution in [0.4, 0.5) is 0 Å². The van der Waals surface area contributed by atoms with Crippen LogP contribution in [0.15, 0.2) is 34.9 Å². The van der Waals surface area contributed by atoms with E-state index in [2.05, 4.69) is 5.92 Å². The minimum absolute atomic E-state index is 0.0451. The summed E-state index contributed by atoms with van der Waals surface area (Å²) in [6, 6.07) is 0. The van der Waals surface area contributed by atoms with E-state index >= 15 is 0 Å². The number of hydrogen-bond donors (Lipinski definition) is 2. The maximum absolute atomic E-state index is 12.2. The third kappa shape index (κ3) is 3.37. The number of rotatable bonds is 4. The molecule has 4 nitrogen and oxygen atoms in total. The molecule has 1 atom stereocenters. The van der Waals surface area contributed by atoms with Crippen molar-refractivity contribution >= 4 is 11.8 Å². The maximum Gasteiger partial charge on any atom is 0.328 e. The highest BCUT2D eigenvalue weighted by molar-refractivity contribution is 5.98. The number of terminal acetylenes is 1. The fourth-order valence-electron chi connectivity index (χ4n) is 2.77. The molecule has 0 bridgehead atoms. The molecular formula is C18H22O4. The average Bonchev–Trinajstić information content (AvgIpc) is 2.38. The van der Waals surface area contributed by atoms with E-state index in [1.54, 1.807) is 26.0 Å². The monoisotopic (exact) mass is 302 g/mol. The fourth-order valence-corrected chi connectivity index (χ4v) is 2.77. The molecule has 0 fully saturated rings. The van der Waals surface area contributed by atoms with Gasteiger partial charge in [-0.15, -0.1) is 12.3 Å². The van der Waals surface area contributed by atoms with Gasteiger partial charge in [-0.2, -0.15) is 0 Å². The van der Waals surface area contributed by atoms with Gasteiger partial charge in [-0.05, 0) is 31.1 Å². The predicted molar refractivity (Wildman–Crippen MR) is 85.0 cm³/mol. The molecular weight excluding hydrogens is 280 g/mol. The second-order valence-corrected chi connectivity index (χ2v) is 6.29. The van der Waals surface area contributed by atoms with Gasteiger partial charge in [0.2, 0.25) is 0 Å². The molecule has 0 saturated carbocycles. The van der Waals surface area contributed by atoms with Gasteiger partial charge in [-0.1, -0.05) is 19.9 Å². The molecule has 0 radical (unpaired) electrons. The predicted octanol–water partition coefficient (Wildman–Crippen LogP) is 2.64. The summed E-state index contributed by atoms with van der Waals surface area (Å²) in [6.45, 7) is 6.95. The van der Waals surface area contributed by atoms with Gasteiger partial charge in [0.05, 0.1) is 0 Å². The topological polar surface area (TPSA) is 74.6 Å². The van der Waals surface area contributed by atoms with Crippen LogP contribution in [0.5, 0.6) is 0 Å². The first-order valence-electron chi connectivity index (χ1n) is 7.05. The number of ketones is 1. The lowest BCUT2D eigenvalue weighted by molar-refractivity contribution is -0.131. The molecule has 0 unspecified atom stereocenters. The van der Waals surface area contributed by atoms with E-state index in [9.17, 15) is 14.7 Å². The van der Waals surface area contributed by atoms with Crippen molar-refractivity contribution in [2.24, 2.45) is 5.41 Å². The Morgan fingerprint density at radius 3 is 2.55 bits per heavy atom. The van der Waals surface area contributed by atoms with Crippen molar-refractivity contribution in [3.8, 4) is 12.3 Å². The van der Waals surface area contributed by atoms with Gasteiger partial charge in [0.1, 0.15) is 5.60 Å². The van der Waals surface area contributed by atoms with Crippen LogP contribution >= 0.6 is 0 Å². The van der Waals surface area contributed by atoms with Crippen LogP contribution in [0.1, 0.15) is 40.5 Å². The first kappa shape index (κ1) is 17.9. The first-order chi connectivity index (χ1) is 10.0. The summed E-state index contributed by atoms with van der Waals surface area (Å²) in [7, 11) is 0. The van der Waals surface area contributed by atoms with Crippen LogP contribution < -0.4 is 0 Å². The Balaban J connectivity index is 3.38. The number of carboxylic acid groups (broad SMARTS) is 1. The molecule has 1 aliphatic carbocycles. The van der Waals surface area contributed by atoms with Crippen molar-refractivity contribution in [1.82, 2.24) is 0 Å². The van der Waals surface area contributed by atoms with E-state index in [4.69, 9.17) is 11.5 Å². The number of carboxylic acids is 1. The van der Waals surface area contributed by atoms with Crippen LogP contribution in [0.25, 0.3) is 0 Å². The number of Topliss-reactive ketones (excluding diaryl/α,β-unsaturated/α-hetero) is 1. The first-order valence-corrected chi connectivity index (χ1v) is 7.05. The summed E-state index contributed by atoms with van der Waals surface area (Å²) < 4.78 is 0. The fraction of sp³-hybridized carbons (Fsp3) is 0.444. The Morgan fingerprint density at radius 2 is 2.05 bits per heavy atom. The van der Waals surface area contributed by atoms with E-state index < -0.39 is 17.0 Å². The van der Waals surface area contributed by atoms with E-state index in [-0.39, 0.29) is 18.6 Å². The minimum Gasteiger partial charge on any atom is -0.478 e. The second-order valence-electron chi connectivity index (χ2n) is 6.29. The zero-order valence-corrected chi connectivity index (χ0v) is 13.4. The van der Waals surface area contributed by atoms with E-state index in [0.717, 1.165) is 6.08 Å². The lowest BCUT2D eigenvalue weighted by Gasteiger charge is -2.45. The highest BCUT2D eigenvalue weighted by atomic mass is 16.4. The maximum atomic E-state index is 12.2. The molecule has 0 saturated heterocycles. The number of aliphatic hydroxyl groups is 1. The molecule has 0 aromatic carbocycles. The zero-order chi connectivity index (χ0) is 17.1. The normalized spacial score (nSPS) is 25.5. The molecule has 0 aliphatic heterocycles. The molecule has 0 heterocycles. The number of aliphatic carboxylic acids is 1. The van der Waals surface area contributed by atoms with Gasteiger partial charge in [-0.25, -0.2) is 4.79 Å². The summed E-state index contributed by atoms with van der Waals surface area (Å²) in [6.07, 6.45) is 9.84. The van der Waals surface area contributed by atoms with Gasteiger partial charge in [0.25, 0.3) is 0 Å². The number of carbonyl (C=O) groups is 2. The lowest BCUT2D eigenvalue weighted by atomic mass is 9.62. The second kappa shape index (κ2) is 6.33. The van der Waals surface area contributed by atoms with Crippen molar-refractivity contribution in [2.45, 2.75) is 46.1 Å². The molecule has 118 valence electrons. The number of hydrogen-bond acceptors (Lipinski definition) is 3. The summed E-state index contributed by atoms with van der Waals surface area (Å²) in [5.74, 6) is 1.36. The third-order valence-electron chi connectivity index (χ3n) is 4.21. The summed E-state index contributed by atoms with van der Waals surface area (Å²) in [5, 5.41) is 19.9. The van der Waals surface area contributed by atoms with Crippen LogP contribution in [0, 0.1) is 17.8 Å². The Hall–Kier alpha value is -2.12. The molecule has 0 aromatic rings. The van der Waals surface area contributed by atoms with Gasteiger partial charge in [0, 0.05) is 29.9 Å². The van der Waals surface area contributed by atoms with Crippen molar-refractivity contribution < 1.29 is 19.8 Å². The van der Waals surface area contributed by atoms with E-state index in [1.165, 1.54) is 0 Å². The molecule has 4 heteroatoms. The summed E-state index contributed by atoms with van der Waals surface area (Å²) in [5.41, 5.74) is -0.549. The number of allylic oxidation sites excluding steroid dienone is 3. The van der Waals surface area contributed by atoms with Crippen LogP contribution in [-0.4, -0.2) is 27.6 Å². The third-order valence-corrected chi connectivity index (χ3v) is 4.21. The van der Waals surface area contributed by atoms with Gasteiger partial charge in [0.15, 0.2) is 5.78 Å². The summed E-state index contributed by atoms with van der Waals surface area (Å²) in [4.78, 5) is 22.9. The largest absolute Gasteiger partial charge is 0.478 e.